The second-order valence-electron chi connectivity index (χ2n) is 3.71. The first-order valence-corrected chi connectivity index (χ1v) is 4.71. The molecule has 0 aliphatic carbocycles. The first-order valence-electron chi connectivity index (χ1n) is 4.71. The van der Waals surface area contributed by atoms with Crippen molar-refractivity contribution in [3.63, 3.8) is 0 Å². The van der Waals surface area contributed by atoms with Crippen molar-refractivity contribution in [3.05, 3.63) is 12.2 Å². The van der Waals surface area contributed by atoms with E-state index in [9.17, 15) is 0 Å². The standard InChI is InChI=1S/C10H19NO/c1-9(5-8-12)10-3-6-11(2)7-4-10/h10,12H,1,3-8H2,2H3. The van der Waals surface area contributed by atoms with E-state index in [1.54, 1.807) is 0 Å². The van der Waals surface area contributed by atoms with E-state index < -0.39 is 0 Å². The molecule has 0 aromatic heterocycles. The van der Waals surface area contributed by atoms with Crippen molar-refractivity contribution in [2.75, 3.05) is 26.7 Å². The van der Waals surface area contributed by atoms with E-state index in [2.05, 4.69) is 18.5 Å². The molecule has 2 nitrogen and oxygen atoms in total. The Morgan fingerprint density at radius 1 is 1.50 bits per heavy atom. The molecule has 1 heterocycles. The Labute approximate surface area is 74.9 Å². The Bertz CT molecular complexity index is 148. The van der Waals surface area contributed by atoms with Crippen LogP contribution in [0.15, 0.2) is 12.2 Å². The van der Waals surface area contributed by atoms with Crippen LogP contribution in [0.5, 0.6) is 0 Å². The first-order chi connectivity index (χ1) is 5.74. The molecule has 0 aromatic rings. The summed E-state index contributed by atoms with van der Waals surface area (Å²) in [6, 6.07) is 0. The Morgan fingerprint density at radius 2 is 2.08 bits per heavy atom. The van der Waals surface area contributed by atoms with Crippen LogP contribution in [0.3, 0.4) is 0 Å². The molecule has 2 heteroatoms. The number of aliphatic hydroxyl groups is 1. The van der Waals surface area contributed by atoms with Gasteiger partial charge in [0.1, 0.15) is 0 Å². The summed E-state index contributed by atoms with van der Waals surface area (Å²) >= 11 is 0. The average molecular weight is 169 g/mol. The molecule has 0 spiro atoms. The van der Waals surface area contributed by atoms with Crippen molar-refractivity contribution in [1.29, 1.82) is 0 Å². The number of hydrogen-bond donors (Lipinski definition) is 1. The lowest BCUT2D eigenvalue weighted by atomic mass is 9.89. The van der Waals surface area contributed by atoms with Gasteiger partial charge < -0.3 is 10.0 Å². The fraction of sp³-hybridized carbons (Fsp3) is 0.800. The lowest BCUT2D eigenvalue weighted by molar-refractivity contribution is 0.229. The maximum absolute atomic E-state index is 8.75. The number of likely N-dealkylation sites (tertiary alicyclic amines) is 1. The van der Waals surface area contributed by atoms with Gasteiger partial charge in [-0.1, -0.05) is 12.2 Å². The van der Waals surface area contributed by atoms with Gasteiger partial charge in [0, 0.05) is 6.61 Å². The lowest BCUT2D eigenvalue weighted by Gasteiger charge is -2.30. The van der Waals surface area contributed by atoms with Crippen molar-refractivity contribution < 1.29 is 5.11 Å². The summed E-state index contributed by atoms with van der Waals surface area (Å²) in [5.74, 6) is 0.661. The van der Waals surface area contributed by atoms with Crippen LogP contribution < -0.4 is 0 Å². The van der Waals surface area contributed by atoms with Gasteiger partial charge in [0.05, 0.1) is 0 Å². The highest BCUT2D eigenvalue weighted by Crippen LogP contribution is 2.24. The lowest BCUT2D eigenvalue weighted by Crippen LogP contribution is -2.30. The van der Waals surface area contributed by atoms with Gasteiger partial charge in [0.25, 0.3) is 0 Å². The summed E-state index contributed by atoms with van der Waals surface area (Å²) in [5.41, 5.74) is 1.24. The summed E-state index contributed by atoms with van der Waals surface area (Å²) in [7, 11) is 2.16. The second-order valence-corrected chi connectivity index (χ2v) is 3.71. The minimum atomic E-state index is 0.255. The topological polar surface area (TPSA) is 23.5 Å². The van der Waals surface area contributed by atoms with Gasteiger partial charge in [-0.15, -0.1) is 0 Å². The third-order valence-corrected chi connectivity index (χ3v) is 2.73. The van der Waals surface area contributed by atoms with Gasteiger partial charge in [-0.05, 0) is 45.3 Å². The Balaban J connectivity index is 2.29. The number of rotatable bonds is 3. The highest BCUT2D eigenvalue weighted by atomic mass is 16.2. The second kappa shape index (κ2) is 4.63. The molecule has 1 N–H and O–H groups in total. The fourth-order valence-electron chi connectivity index (χ4n) is 1.76. The molecule has 1 aliphatic rings. The molecule has 0 saturated carbocycles. The van der Waals surface area contributed by atoms with Crippen LogP contribution in [0.25, 0.3) is 0 Å². The molecule has 0 amide bonds. The van der Waals surface area contributed by atoms with Crippen LogP contribution in [-0.4, -0.2) is 36.8 Å². The number of nitrogens with zero attached hydrogens (tertiary/aromatic N) is 1. The molecule has 0 aromatic carbocycles. The molecule has 1 rings (SSSR count). The predicted molar refractivity (Wildman–Crippen MR) is 51.1 cm³/mol. The third kappa shape index (κ3) is 2.61. The van der Waals surface area contributed by atoms with Gasteiger partial charge in [0.2, 0.25) is 0 Å². The van der Waals surface area contributed by atoms with E-state index in [-0.39, 0.29) is 6.61 Å². The monoisotopic (exact) mass is 169 g/mol. The van der Waals surface area contributed by atoms with Crippen LogP contribution in [-0.2, 0) is 0 Å². The summed E-state index contributed by atoms with van der Waals surface area (Å²) in [6.07, 6.45) is 3.22. The van der Waals surface area contributed by atoms with E-state index in [0.717, 1.165) is 6.42 Å². The van der Waals surface area contributed by atoms with E-state index in [1.807, 2.05) is 0 Å². The minimum absolute atomic E-state index is 0.255. The van der Waals surface area contributed by atoms with Gasteiger partial charge in [-0.2, -0.15) is 0 Å². The third-order valence-electron chi connectivity index (χ3n) is 2.73. The van der Waals surface area contributed by atoms with Crippen molar-refractivity contribution in [2.24, 2.45) is 5.92 Å². The molecule has 1 aliphatic heterocycles. The molecule has 1 fully saturated rings. The first kappa shape index (κ1) is 9.75. The smallest absolute Gasteiger partial charge is 0.0468 e. The highest BCUT2D eigenvalue weighted by molar-refractivity contribution is 5.02. The molecule has 1 saturated heterocycles. The van der Waals surface area contributed by atoms with E-state index >= 15 is 0 Å². The van der Waals surface area contributed by atoms with Crippen LogP contribution in [0, 0.1) is 5.92 Å². The predicted octanol–water partition coefficient (Wildman–Crippen LogP) is 1.27. The van der Waals surface area contributed by atoms with Crippen molar-refractivity contribution in [2.45, 2.75) is 19.3 Å². The zero-order chi connectivity index (χ0) is 8.97. The Morgan fingerprint density at radius 3 is 2.58 bits per heavy atom. The van der Waals surface area contributed by atoms with Gasteiger partial charge in [-0.3, -0.25) is 0 Å². The van der Waals surface area contributed by atoms with E-state index in [4.69, 9.17) is 5.11 Å². The Hall–Kier alpha value is -0.340. The molecule has 0 radical (unpaired) electrons. The zero-order valence-electron chi connectivity index (χ0n) is 7.92. The van der Waals surface area contributed by atoms with Crippen molar-refractivity contribution >= 4 is 0 Å². The SMILES string of the molecule is C=C(CCO)C1CCN(C)CC1. The summed E-state index contributed by atoms with van der Waals surface area (Å²) < 4.78 is 0. The molecule has 70 valence electrons. The normalized spacial score (nSPS) is 21.2. The van der Waals surface area contributed by atoms with Gasteiger partial charge in [0.15, 0.2) is 0 Å². The number of hydrogen-bond acceptors (Lipinski definition) is 2. The summed E-state index contributed by atoms with van der Waals surface area (Å²) in [4.78, 5) is 2.35. The van der Waals surface area contributed by atoms with E-state index in [0.29, 0.717) is 5.92 Å². The summed E-state index contributed by atoms with van der Waals surface area (Å²) in [6.45, 7) is 6.62. The van der Waals surface area contributed by atoms with E-state index in [1.165, 1.54) is 31.5 Å². The van der Waals surface area contributed by atoms with Crippen LogP contribution >= 0.6 is 0 Å². The van der Waals surface area contributed by atoms with Crippen LogP contribution in [0.2, 0.25) is 0 Å². The molecule has 0 bridgehead atoms. The maximum atomic E-state index is 8.75. The molecule has 0 unspecified atom stereocenters. The minimum Gasteiger partial charge on any atom is -0.396 e. The maximum Gasteiger partial charge on any atom is 0.0468 e. The van der Waals surface area contributed by atoms with Crippen molar-refractivity contribution in [3.8, 4) is 0 Å². The quantitative estimate of drug-likeness (QED) is 0.643. The summed E-state index contributed by atoms with van der Waals surface area (Å²) in [5, 5.41) is 8.75. The zero-order valence-corrected chi connectivity index (χ0v) is 7.92. The van der Waals surface area contributed by atoms with Gasteiger partial charge >= 0.3 is 0 Å². The average Bonchev–Trinajstić information content (AvgIpc) is 2.06. The fourth-order valence-corrected chi connectivity index (χ4v) is 1.76. The molecule has 12 heavy (non-hydrogen) atoms. The highest BCUT2D eigenvalue weighted by Gasteiger charge is 2.18. The van der Waals surface area contributed by atoms with Gasteiger partial charge in [-0.25, -0.2) is 0 Å². The largest absolute Gasteiger partial charge is 0.396 e. The van der Waals surface area contributed by atoms with Crippen LogP contribution in [0.4, 0.5) is 0 Å². The Kier molecular flexibility index (Phi) is 3.76. The molecular weight excluding hydrogens is 150 g/mol. The van der Waals surface area contributed by atoms with Crippen molar-refractivity contribution in [1.82, 2.24) is 4.90 Å². The molecular formula is C10H19NO. The van der Waals surface area contributed by atoms with Crippen LogP contribution in [0.1, 0.15) is 19.3 Å². The number of aliphatic hydroxyl groups excluding tert-OH is 1. The molecule has 0 atom stereocenters. The number of piperidine rings is 1.